The molecule has 0 radical (unpaired) electrons. The van der Waals surface area contributed by atoms with E-state index >= 15 is 0 Å². The Bertz CT molecular complexity index is 527. The molecular formula is C15H22N4O3. The van der Waals surface area contributed by atoms with Gasteiger partial charge in [0.2, 0.25) is 0 Å². The summed E-state index contributed by atoms with van der Waals surface area (Å²) >= 11 is 0. The molecule has 0 aromatic heterocycles. The standard InChI is InChI=1S/C15H22N4O3/c1-2-3-8-16-15(20)18-11-9-17(10-12-18)13-6-4-5-7-14(13)19(21)22/h4-7H,2-3,8-12H2,1H3,(H,16,20). The third kappa shape index (κ3) is 3.87. The molecule has 1 fully saturated rings. The fourth-order valence-electron chi connectivity index (χ4n) is 2.52. The lowest BCUT2D eigenvalue weighted by Crippen LogP contribution is -2.52. The second kappa shape index (κ2) is 7.63. The molecule has 0 saturated carbocycles. The van der Waals surface area contributed by atoms with Gasteiger partial charge in [-0.1, -0.05) is 25.5 Å². The Morgan fingerprint density at radius 3 is 2.59 bits per heavy atom. The van der Waals surface area contributed by atoms with E-state index in [-0.39, 0.29) is 16.6 Å². The van der Waals surface area contributed by atoms with Crippen LogP contribution >= 0.6 is 0 Å². The number of benzene rings is 1. The van der Waals surface area contributed by atoms with Gasteiger partial charge < -0.3 is 15.1 Å². The number of carbonyl (C=O) groups is 1. The molecule has 120 valence electrons. The van der Waals surface area contributed by atoms with Crippen molar-refractivity contribution in [3.05, 3.63) is 34.4 Å². The zero-order chi connectivity index (χ0) is 15.9. The number of nitrogens with one attached hydrogen (secondary N) is 1. The highest BCUT2D eigenvalue weighted by molar-refractivity contribution is 5.74. The summed E-state index contributed by atoms with van der Waals surface area (Å²) in [5.74, 6) is 0. The Hall–Kier alpha value is -2.31. The molecule has 0 bridgehead atoms. The number of amides is 2. The number of anilines is 1. The van der Waals surface area contributed by atoms with Crippen molar-refractivity contribution in [1.29, 1.82) is 0 Å². The normalized spacial score (nSPS) is 14.8. The maximum absolute atomic E-state index is 12.0. The van der Waals surface area contributed by atoms with Crippen LogP contribution in [0.2, 0.25) is 0 Å². The smallest absolute Gasteiger partial charge is 0.317 e. The van der Waals surface area contributed by atoms with Gasteiger partial charge in [0.25, 0.3) is 5.69 Å². The van der Waals surface area contributed by atoms with Gasteiger partial charge in [0.15, 0.2) is 0 Å². The molecule has 0 atom stereocenters. The average Bonchev–Trinajstić information content (AvgIpc) is 2.55. The first kappa shape index (κ1) is 16.1. The number of nitrogens with zero attached hydrogens (tertiary/aromatic N) is 3. The zero-order valence-corrected chi connectivity index (χ0v) is 12.8. The van der Waals surface area contributed by atoms with E-state index in [0.717, 1.165) is 12.8 Å². The first-order valence-corrected chi connectivity index (χ1v) is 7.64. The number of piperazine rings is 1. The third-order valence-corrected chi connectivity index (χ3v) is 3.79. The number of nitro benzene ring substituents is 1. The van der Waals surface area contributed by atoms with Crippen LogP contribution < -0.4 is 10.2 Å². The Morgan fingerprint density at radius 2 is 1.95 bits per heavy atom. The van der Waals surface area contributed by atoms with Crippen LogP contribution in [0.1, 0.15) is 19.8 Å². The van der Waals surface area contributed by atoms with Crippen LogP contribution in [-0.4, -0.2) is 48.6 Å². The molecule has 2 amide bonds. The fourth-order valence-corrected chi connectivity index (χ4v) is 2.52. The maximum Gasteiger partial charge on any atom is 0.317 e. The molecule has 1 saturated heterocycles. The Kier molecular flexibility index (Phi) is 5.57. The Morgan fingerprint density at radius 1 is 1.27 bits per heavy atom. The third-order valence-electron chi connectivity index (χ3n) is 3.79. The minimum Gasteiger partial charge on any atom is -0.362 e. The van der Waals surface area contributed by atoms with E-state index in [9.17, 15) is 14.9 Å². The van der Waals surface area contributed by atoms with Gasteiger partial charge >= 0.3 is 6.03 Å². The maximum atomic E-state index is 12.0. The summed E-state index contributed by atoms with van der Waals surface area (Å²) < 4.78 is 0. The molecule has 1 aliphatic rings. The molecule has 7 nitrogen and oxygen atoms in total. The van der Waals surface area contributed by atoms with Crippen molar-refractivity contribution in [2.24, 2.45) is 0 Å². The molecule has 0 spiro atoms. The second-order valence-corrected chi connectivity index (χ2v) is 5.31. The van der Waals surface area contributed by atoms with Gasteiger partial charge in [-0.2, -0.15) is 0 Å². The number of hydrogen-bond acceptors (Lipinski definition) is 4. The van der Waals surface area contributed by atoms with Gasteiger partial charge in [0, 0.05) is 38.8 Å². The molecule has 1 aliphatic heterocycles. The van der Waals surface area contributed by atoms with Gasteiger partial charge in [0.1, 0.15) is 5.69 Å². The van der Waals surface area contributed by atoms with Crippen molar-refractivity contribution in [2.75, 3.05) is 37.6 Å². The molecule has 2 rings (SSSR count). The second-order valence-electron chi connectivity index (χ2n) is 5.31. The van der Waals surface area contributed by atoms with Crippen LogP contribution in [0, 0.1) is 10.1 Å². The highest BCUT2D eigenvalue weighted by Gasteiger charge is 2.25. The summed E-state index contributed by atoms with van der Waals surface area (Å²) in [6.45, 7) is 5.13. The number of nitro groups is 1. The molecule has 1 aromatic carbocycles. The minimum atomic E-state index is -0.362. The van der Waals surface area contributed by atoms with E-state index in [0.29, 0.717) is 38.4 Å². The molecular weight excluding hydrogens is 284 g/mol. The van der Waals surface area contributed by atoms with Crippen molar-refractivity contribution in [3.63, 3.8) is 0 Å². The van der Waals surface area contributed by atoms with Crippen LogP contribution in [-0.2, 0) is 0 Å². The van der Waals surface area contributed by atoms with Gasteiger partial charge in [-0.05, 0) is 12.5 Å². The zero-order valence-electron chi connectivity index (χ0n) is 12.8. The Labute approximate surface area is 130 Å². The quantitative estimate of drug-likeness (QED) is 0.514. The van der Waals surface area contributed by atoms with E-state index in [1.54, 1.807) is 23.1 Å². The van der Waals surface area contributed by atoms with E-state index in [4.69, 9.17) is 0 Å². The van der Waals surface area contributed by atoms with Crippen LogP contribution in [0.4, 0.5) is 16.2 Å². The van der Waals surface area contributed by atoms with E-state index < -0.39 is 0 Å². The monoisotopic (exact) mass is 306 g/mol. The first-order chi connectivity index (χ1) is 10.6. The summed E-state index contributed by atoms with van der Waals surface area (Å²) in [7, 11) is 0. The summed E-state index contributed by atoms with van der Waals surface area (Å²) in [5, 5.41) is 14.0. The summed E-state index contributed by atoms with van der Waals surface area (Å²) in [4.78, 5) is 26.4. The lowest BCUT2D eigenvalue weighted by molar-refractivity contribution is -0.384. The van der Waals surface area contributed by atoms with Crippen LogP contribution in [0.3, 0.4) is 0 Å². The molecule has 1 aromatic rings. The molecule has 0 unspecified atom stereocenters. The SMILES string of the molecule is CCCCNC(=O)N1CCN(c2ccccc2[N+](=O)[O-])CC1. The summed E-state index contributed by atoms with van der Waals surface area (Å²) in [6, 6.07) is 6.69. The van der Waals surface area contributed by atoms with Gasteiger partial charge in [-0.3, -0.25) is 10.1 Å². The van der Waals surface area contributed by atoms with Crippen molar-refractivity contribution < 1.29 is 9.72 Å². The van der Waals surface area contributed by atoms with E-state index in [2.05, 4.69) is 12.2 Å². The predicted molar refractivity (Wildman–Crippen MR) is 85.2 cm³/mol. The number of unbranched alkanes of at least 4 members (excludes halogenated alkanes) is 1. The van der Waals surface area contributed by atoms with Crippen LogP contribution in [0.15, 0.2) is 24.3 Å². The number of carbonyl (C=O) groups excluding carboxylic acids is 1. The number of rotatable bonds is 5. The summed E-state index contributed by atoms with van der Waals surface area (Å²) in [5.41, 5.74) is 0.738. The highest BCUT2D eigenvalue weighted by atomic mass is 16.6. The molecule has 22 heavy (non-hydrogen) atoms. The topological polar surface area (TPSA) is 78.7 Å². The van der Waals surface area contributed by atoms with Crippen LogP contribution in [0.5, 0.6) is 0 Å². The van der Waals surface area contributed by atoms with E-state index in [1.165, 1.54) is 6.07 Å². The Balaban J connectivity index is 1.92. The van der Waals surface area contributed by atoms with Crippen molar-refractivity contribution in [2.45, 2.75) is 19.8 Å². The van der Waals surface area contributed by atoms with E-state index in [1.807, 2.05) is 4.90 Å². The number of hydrogen-bond donors (Lipinski definition) is 1. The summed E-state index contributed by atoms with van der Waals surface area (Å²) in [6.07, 6.45) is 2.02. The number of urea groups is 1. The predicted octanol–water partition coefficient (Wildman–Crippen LogP) is 2.23. The van der Waals surface area contributed by atoms with Crippen molar-refractivity contribution in [1.82, 2.24) is 10.2 Å². The van der Waals surface area contributed by atoms with Crippen molar-refractivity contribution in [3.8, 4) is 0 Å². The molecule has 0 aliphatic carbocycles. The first-order valence-electron chi connectivity index (χ1n) is 7.64. The lowest BCUT2D eigenvalue weighted by Gasteiger charge is -2.35. The average molecular weight is 306 g/mol. The van der Waals surface area contributed by atoms with Gasteiger partial charge in [-0.15, -0.1) is 0 Å². The number of para-hydroxylation sites is 2. The molecule has 1 N–H and O–H groups in total. The lowest BCUT2D eigenvalue weighted by atomic mass is 10.2. The minimum absolute atomic E-state index is 0.0457. The van der Waals surface area contributed by atoms with Crippen LogP contribution in [0.25, 0.3) is 0 Å². The van der Waals surface area contributed by atoms with Gasteiger partial charge in [0.05, 0.1) is 4.92 Å². The van der Waals surface area contributed by atoms with Gasteiger partial charge in [-0.25, -0.2) is 4.79 Å². The highest BCUT2D eigenvalue weighted by Crippen LogP contribution is 2.28. The largest absolute Gasteiger partial charge is 0.362 e. The fraction of sp³-hybridized carbons (Fsp3) is 0.533. The molecule has 1 heterocycles. The van der Waals surface area contributed by atoms with Crippen molar-refractivity contribution >= 4 is 17.4 Å². The molecule has 7 heteroatoms.